The van der Waals surface area contributed by atoms with Crippen molar-refractivity contribution in [3.63, 3.8) is 0 Å². The lowest BCUT2D eigenvalue weighted by molar-refractivity contribution is -0.119. The van der Waals surface area contributed by atoms with Gasteiger partial charge in [0.25, 0.3) is 5.91 Å². The Morgan fingerprint density at radius 1 is 1.23 bits per heavy atom. The zero-order valence-corrected chi connectivity index (χ0v) is 19.6. The number of carbonyl (C=O) groups excluding carboxylic acids is 1. The van der Waals surface area contributed by atoms with Crippen LogP contribution in [0.4, 0.5) is 5.82 Å². The lowest BCUT2D eigenvalue weighted by Crippen LogP contribution is -2.35. The van der Waals surface area contributed by atoms with Gasteiger partial charge in [-0.1, -0.05) is 57.6 Å². The van der Waals surface area contributed by atoms with Crippen LogP contribution in [0.5, 0.6) is 0 Å². The van der Waals surface area contributed by atoms with Gasteiger partial charge in [0.1, 0.15) is 12.5 Å². The van der Waals surface area contributed by atoms with Crippen LogP contribution in [0.15, 0.2) is 18.3 Å². The molecule has 1 aromatic rings. The molecular formula is C17H26Br2N2O4Si. The topological polar surface area (TPSA) is 60.9 Å². The van der Waals surface area contributed by atoms with Crippen LogP contribution in [0.2, 0.25) is 25.7 Å². The third-order valence-electron chi connectivity index (χ3n) is 3.86. The van der Waals surface area contributed by atoms with Gasteiger partial charge in [0.2, 0.25) is 0 Å². The Morgan fingerprint density at radius 2 is 1.85 bits per heavy atom. The second kappa shape index (κ2) is 9.75. The van der Waals surface area contributed by atoms with E-state index in [1.54, 1.807) is 11.1 Å². The molecule has 3 heterocycles. The summed E-state index contributed by atoms with van der Waals surface area (Å²) in [7, 11) is -1.11. The van der Waals surface area contributed by atoms with Crippen LogP contribution >= 0.6 is 31.9 Å². The molecule has 2 aliphatic heterocycles. The molecule has 1 amide bonds. The number of alkyl halides is 2. The maximum atomic E-state index is 12.4. The third kappa shape index (κ3) is 6.10. The van der Waals surface area contributed by atoms with Gasteiger partial charge in [-0.05, 0) is 12.1 Å². The van der Waals surface area contributed by atoms with E-state index in [4.69, 9.17) is 14.2 Å². The number of carbonyl (C=O) groups is 1. The van der Waals surface area contributed by atoms with Crippen molar-refractivity contribution in [2.45, 2.75) is 28.9 Å². The van der Waals surface area contributed by atoms with Crippen molar-refractivity contribution in [3.8, 4) is 0 Å². The number of amides is 1. The van der Waals surface area contributed by atoms with E-state index in [-0.39, 0.29) is 12.6 Å². The summed E-state index contributed by atoms with van der Waals surface area (Å²) in [5.74, 6) is 0.554. The fourth-order valence-corrected chi connectivity index (χ4v) is 4.14. The van der Waals surface area contributed by atoms with Gasteiger partial charge in [0.15, 0.2) is 3.23 Å². The number of nitrogens with zero attached hydrogens (tertiary/aromatic N) is 2. The summed E-state index contributed by atoms with van der Waals surface area (Å²) in [5, 5.41) is 0. The molecule has 0 aromatic carbocycles. The molecule has 0 bridgehead atoms. The maximum Gasteiger partial charge on any atom is 0.262 e. The van der Waals surface area contributed by atoms with Crippen molar-refractivity contribution in [1.29, 1.82) is 0 Å². The van der Waals surface area contributed by atoms with Gasteiger partial charge in [0, 0.05) is 26.4 Å². The molecule has 0 N–H and O–H groups in total. The molecule has 0 atom stereocenters. The number of pyridine rings is 1. The first kappa shape index (κ1) is 22.0. The number of hydrogen-bond acceptors (Lipinski definition) is 5. The quantitative estimate of drug-likeness (QED) is 0.344. The highest BCUT2D eigenvalue weighted by atomic mass is 79.9. The average molecular weight is 510 g/mol. The fraction of sp³-hybridized carbons (Fsp3) is 0.647. The van der Waals surface area contributed by atoms with E-state index in [0.717, 1.165) is 38.0 Å². The van der Waals surface area contributed by atoms with Crippen LogP contribution in [0.1, 0.15) is 5.56 Å². The van der Waals surface area contributed by atoms with Crippen LogP contribution in [0, 0.1) is 0 Å². The van der Waals surface area contributed by atoms with Crippen molar-refractivity contribution >= 4 is 51.7 Å². The maximum absolute atomic E-state index is 12.4. The van der Waals surface area contributed by atoms with Crippen LogP contribution in [0.3, 0.4) is 0 Å². The number of ether oxygens (including phenoxy) is 3. The van der Waals surface area contributed by atoms with Gasteiger partial charge in [-0.3, -0.25) is 9.69 Å². The molecule has 1 aromatic heterocycles. The number of anilines is 1. The minimum Gasteiger partial charge on any atom is -0.377 e. The first-order valence-electron chi connectivity index (χ1n) is 8.62. The Labute approximate surface area is 172 Å². The van der Waals surface area contributed by atoms with E-state index >= 15 is 0 Å². The van der Waals surface area contributed by atoms with Crippen LogP contribution in [-0.2, 0) is 22.2 Å². The van der Waals surface area contributed by atoms with Gasteiger partial charge >= 0.3 is 0 Å². The van der Waals surface area contributed by atoms with E-state index in [1.807, 2.05) is 12.1 Å². The van der Waals surface area contributed by atoms with Crippen molar-refractivity contribution in [1.82, 2.24) is 4.98 Å². The molecule has 0 spiro atoms. The molecule has 9 heteroatoms. The molecule has 0 unspecified atom stereocenters. The van der Waals surface area contributed by atoms with Gasteiger partial charge in [-0.25, -0.2) is 4.98 Å². The molecule has 2 aliphatic rings. The van der Waals surface area contributed by atoms with Gasteiger partial charge in [0.05, 0.1) is 26.4 Å². The SMILES string of the molecule is C1COCCO1.C[Si](C)(C)CCOCN1C(=O)C(Br)(Br)c2cccnc21. The second-order valence-electron chi connectivity index (χ2n) is 7.25. The predicted molar refractivity (Wildman–Crippen MR) is 112 cm³/mol. The molecule has 0 aliphatic carbocycles. The van der Waals surface area contributed by atoms with Gasteiger partial charge in [-0.2, -0.15) is 0 Å². The molecule has 0 saturated carbocycles. The summed E-state index contributed by atoms with van der Waals surface area (Å²) >= 11 is 6.85. The first-order chi connectivity index (χ1) is 12.2. The summed E-state index contributed by atoms with van der Waals surface area (Å²) < 4.78 is 14.7. The summed E-state index contributed by atoms with van der Waals surface area (Å²) in [4.78, 5) is 18.3. The first-order valence-corrected chi connectivity index (χ1v) is 13.9. The summed E-state index contributed by atoms with van der Waals surface area (Å²) in [6, 6.07) is 4.78. The van der Waals surface area contributed by atoms with E-state index in [1.165, 1.54) is 0 Å². The minimum absolute atomic E-state index is 0.0980. The number of hydrogen-bond donors (Lipinski definition) is 0. The molecule has 1 saturated heterocycles. The van der Waals surface area contributed by atoms with Crippen molar-refractivity contribution in [2.75, 3.05) is 44.7 Å². The van der Waals surface area contributed by atoms with E-state index in [9.17, 15) is 4.79 Å². The van der Waals surface area contributed by atoms with E-state index < -0.39 is 11.3 Å². The summed E-state index contributed by atoms with van der Waals surface area (Å²) in [6.45, 7) is 10.9. The molecule has 26 heavy (non-hydrogen) atoms. The van der Waals surface area contributed by atoms with Crippen LogP contribution < -0.4 is 4.90 Å². The van der Waals surface area contributed by atoms with E-state index in [2.05, 4.69) is 56.5 Å². The molecule has 1 fully saturated rings. The monoisotopic (exact) mass is 508 g/mol. The Hall–Kier alpha value is -0.323. The highest BCUT2D eigenvalue weighted by Crippen LogP contribution is 2.49. The standard InChI is InChI=1S/C13H18Br2N2O2Si.C4H8O2/c1-20(2,3)8-7-19-9-17-11-10(5-4-6-16-11)13(14,15)12(17)18;1-2-6-4-3-5-1/h4-6H,7-9H2,1-3H3;1-4H2. The van der Waals surface area contributed by atoms with Crippen molar-refractivity contribution < 1.29 is 19.0 Å². The second-order valence-corrected chi connectivity index (χ2v) is 16.3. The zero-order valence-electron chi connectivity index (χ0n) is 15.5. The molecule has 3 rings (SSSR count). The van der Waals surface area contributed by atoms with Crippen molar-refractivity contribution in [3.05, 3.63) is 23.9 Å². The average Bonchev–Trinajstić information content (AvgIpc) is 2.81. The predicted octanol–water partition coefficient (Wildman–Crippen LogP) is 3.72. The summed E-state index contributed by atoms with van der Waals surface area (Å²) in [5.41, 5.74) is 0.818. The van der Waals surface area contributed by atoms with Gasteiger partial charge < -0.3 is 14.2 Å². The van der Waals surface area contributed by atoms with Crippen molar-refractivity contribution in [2.24, 2.45) is 0 Å². The van der Waals surface area contributed by atoms with Crippen LogP contribution in [0.25, 0.3) is 0 Å². The highest BCUT2D eigenvalue weighted by molar-refractivity contribution is 9.25. The Bertz CT molecular complexity index is 595. The Morgan fingerprint density at radius 3 is 2.38 bits per heavy atom. The molecule has 6 nitrogen and oxygen atoms in total. The minimum atomic E-state index is -1.11. The molecule has 146 valence electrons. The Kier molecular flexibility index (Phi) is 8.24. The van der Waals surface area contributed by atoms with Gasteiger partial charge in [-0.15, -0.1) is 0 Å². The van der Waals surface area contributed by atoms with Crippen LogP contribution in [-0.4, -0.2) is 58.7 Å². The summed E-state index contributed by atoms with van der Waals surface area (Å²) in [6.07, 6.45) is 1.68. The lowest BCUT2D eigenvalue weighted by atomic mass is 10.2. The fourth-order valence-electron chi connectivity index (χ4n) is 2.33. The molecular weight excluding hydrogens is 484 g/mol. The normalized spacial score (nSPS) is 19.0. The molecule has 0 radical (unpaired) electrons. The Balaban J connectivity index is 0.000000342. The third-order valence-corrected chi connectivity index (χ3v) is 7.09. The smallest absolute Gasteiger partial charge is 0.262 e. The number of aromatic nitrogens is 1. The number of fused-ring (bicyclic) bond motifs is 1. The largest absolute Gasteiger partial charge is 0.377 e. The zero-order chi connectivity index (χ0) is 19.2. The number of rotatable bonds is 5. The number of halogens is 2. The highest BCUT2D eigenvalue weighted by Gasteiger charge is 2.48. The van der Waals surface area contributed by atoms with E-state index in [0.29, 0.717) is 12.4 Å². The lowest BCUT2D eigenvalue weighted by Gasteiger charge is -2.20.